The molecule has 3 heteroatoms. The molecule has 0 N–H and O–H groups in total. The summed E-state index contributed by atoms with van der Waals surface area (Å²) in [5.41, 5.74) is 1.80. The number of hydrogen-bond acceptors (Lipinski definition) is 2. The maximum absolute atomic E-state index is 12.4. The van der Waals surface area contributed by atoms with Crippen LogP contribution in [0.4, 0.5) is 0 Å². The lowest BCUT2D eigenvalue weighted by molar-refractivity contribution is 0.0754. The second kappa shape index (κ2) is 6.70. The topological polar surface area (TPSA) is 20.3 Å². The summed E-state index contributed by atoms with van der Waals surface area (Å²) < 4.78 is 0. The van der Waals surface area contributed by atoms with Crippen LogP contribution in [0.15, 0.2) is 23.1 Å². The molecule has 0 aliphatic rings. The average molecular weight is 251 g/mol. The van der Waals surface area contributed by atoms with E-state index in [1.54, 1.807) is 0 Å². The molecule has 0 aromatic heterocycles. The Morgan fingerprint density at radius 2 is 1.82 bits per heavy atom. The van der Waals surface area contributed by atoms with E-state index in [-0.39, 0.29) is 5.91 Å². The summed E-state index contributed by atoms with van der Waals surface area (Å²) in [6, 6.07) is 5.73. The van der Waals surface area contributed by atoms with Crippen LogP contribution in [-0.2, 0) is 0 Å². The van der Waals surface area contributed by atoms with Crippen molar-refractivity contribution < 1.29 is 4.79 Å². The van der Waals surface area contributed by atoms with Crippen molar-refractivity contribution in [1.29, 1.82) is 0 Å². The molecule has 2 nitrogen and oxygen atoms in total. The van der Waals surface area contributed by atoms with E-state index in [9.17, 15) is 4.79 Å². The van der Waals surface area contributed by atoms with E-state index in [0.29, 0.717) is 0 Å². The van der Waals surface area contributed by atoms with Gasteiger partial charge in [0.2, 0.25) is 0 Å². The molecule has 94 valence electrons. The van der Waals surface area contributed by atoms with Crippen LogP contribution in [-0.4, -0.2) is 23.9 Å². The van der Waals surface area contributed by atoms with E-state index in [1.807, 2.05) is 30.0 Å². The van der Waals surface area contributed by atoms with Crippen LogP contribution in [0.5, 0.6) is 0 Å². The fourth-order valence-corrected chi connectivity index (χ4v) is 2.07. The zero-order chi connectivity index (χ0) is 12.8. The van der Waals surface area contributed by atoms with Crippen molar-refractivity contribution in [3.63, 3.8) is 0 Å². The van der Waals surface area contributed by atoms with Gasteiger partial charge in [-0.2, -0.15) is 0 Å². The van der Waals surface area contributed by atoms with E-state index >= 15 is 0 Å². The molecule has 1 aromatic rings. The standard InChI is InChI=1S/C14H21NOS/c1-4-8-15(9-5-2)14(16)13-10-12(17)7-6-11(13)3/h6-7,10,17H,4-5,8-9H2,1-3H3. The minimum atomic E-state index is 0.127. The molecule has 0 radical (unpaired) electrons. The third-order valence-corrected chi connectivity index (χ3v) is 3.00. The number of thiol groups is 1. The first kappa shape index (κ1) is 14.1. The van der Waals surface area contributed by atoms with Crippen molar-refractivity contribution in [1.82, 2.24) is 4.90 Å². The third kappa shape index (κ3) is 3.77. The summed E-state index contributed by atoms with van der Waals surface area (Å²) in [4.78, 5) is 15.2. The van der Waals surface area contributed by atoms with Gasteiger partial charge in [-0.25, -0.2) is 0 Å². The number of amides is 1. The number of benzene rings is 1. The predicted octanol–water partition coefficient (Wildman–Crippen LogP) is 3.55. The molecule has 17 heavy (non-hydrogen) atoms. The molecule has 0 bridgehead atoms. The number of carbonyl (C=O) groups is 1. The van der Waals surface area contributed by atoms with Crippen molar-refractivity contribution in [2.75, 3.05) is 13.1 Å². The Morgan fingerprint density at radius 1 is 1.24 bits per heavy atom. The molecule has 0 unspecified atom stereocenters. The molecule has 0 fully saturated rings. The molecule has 0 spiro atoms. The van der Waals surface area contributed by atoms with Crippen molar-refractivity contribution in [2.45, 2.75) is 38.5 Å². The maximum atomic E-state index is 12.4. The van der Waals surface area contributed by atoms with Crippen LogP contribution in [0.25, 0.3) is 0 Å². The molecule has 1 aromatic carbocycles. The van der Waals surface area contributed by atoms with Crippen LogP contribution < -0.4 is 0 Å². The molecule has 0 aliphatic heterocycles. The molecule has 0 aliphatic carbocycles. The minimum absolute atomic E-state index is 0.127. The van der Waals surface area contributed by atoms with Gasteiger partial charge >= 0.3 is 0 Å². The number of rotatable bonds is 5. The lowest BCUT2D eigenvalue weighted by Crippen LogP contribution is -2.32. The van der Waals surface area contributed by atoms with Gasteiger partial charge < -0.3 is 4.90 Å². The normalized spacial score (nSPS) is 10.4. The Balaban J connectivity index is 2.95. The molecule has 1 rings (SSSR count). The van der Waals surface area contributed by atoms with Gasteiger partial charge in [-0.15, -0.1) is 12.6 Å². The molecular weight excluding hydrogens is 230 g/mol. The van der Waals surface area contributed by atoms with E-state index in [4.69, 9.17) is 0 Å². The van der Waals surface area contributed by atoms with Crippen molar-refractivity contribution in [2.24, 2.45) is 0 Å². The monoisotopic (exact) mass is 251 g/mol. The lowest BCUT2D eigenvalue weighted by atomic mass is 10.1. The second-order valence-electron chi connectivity index (χ2n) is 4.29. The van der Waals surface area contributed by atoms with Gasteiger partial charge in [-0.3, -0.25) is 4.79 Å². The molecule has 1 amide bonds. The van der Waals surface area contributed by atoms with Gasteiger partial charge in [0.15, 0.2) is 0 Å². The highest BCUT2D eigenvalue weighted by atomic mass is 32.1. The fraction of sp³-hybridized carbons (Fsp3) is 0.500. The van der Waals surface area contributed by atoms with Crippen molar-refractivity contribution in [3.05, 3.63) is 29.3 Å². The van der Waals surface area contributed by atoms with Crippen LogP contribution in [0, 0.1) is 6.92 Å². The highest BCUT2D eigenvalue weighted by Crippen LogP contribution is 2.16. The SMILES string of the molecule is CCCN(CCC)C(=O)c1cc(S)ccc1C. The van der Waals surface area contributed by atoms with Crippen molar-refractivity contribution in [3.8, 4) is 0 Å². The Labute approximate surface area is 109 Å². The van der Waals surface area contributed by atoms with Gasteiger partial charge in [0.25, 0.3) is 5.91 Å². The first-order valence-electron chi connectivity index (χ1n) is 6.19. The van der Waals surface area contributed by atoms with E-state index in [0.717, 1.165) is 42.0 Å². The fourth-order valence-electron chi connectivity index (χ4n) is 1.87. The van der Waals surface area contributed by atoms with Crippen molar-refractivity contribution >= 4 is 18.5 Å². The summed E-state index contributed by atoms with van der Waals surface area (Å²) in [6.45, 7) is 7.80. The minimum Gasteiger partial charge on any atom is -0.339 e. The first-order chi connectivity index (χ1) is 8.10. The Hall–Kier alpha value is -0.960. The largest absolute Gasteiger partial charge is 0.339 e. The molecule has 0 atom stereocenters. The summed E-state index contributed by atoms with van der Waals surface area (Å²) >= 11 is 4.30. The van der Waals surface area contributed by atoms with Crippen LogP contribution in [0.3, 0.4) is 0 Å². The van der Waals surface area contributed by atoms with E-state index in [1.165, 1.54) is 0 Å². The molecule has 0 heterocycles. The van der Waals surface area contributed by atoms with Gasteiger partial charge in [-0.05, 0) is 37.5 Å². The highest BCUT2D eigenvalue weighted by Gasteiger charge is 2.16. The number of aryl methyl sites for hydroxylation is 1. The Kier molecular flexibility index (Phi) is 5.56. The number of nitrogens with zero attached hydrogens (tertiary/aromatic N) is 1. The summed E-state index contributed by atoms with van der Waals surface area (Å²) in [7, 11) is 0. The van der Waals surface area contributed by atoms with Gasteiger partial charge in [0, 0.05) is 23.5 Å². The zero-order valence-corrected chi connectivity index (χ0v) is 11.8. The summed E-state index contributed by atoms with van der Waals surface area (Å²) in [5, 5.41) is 0. The Bertz CT molecular complexity index is 384. The zero-order valence-electron chi connectivity index (χ0n) is 10.9. The average Bonchev–Trinajstić information content (AvgIpc) is 2.31. The van der Waals surface area contributed by atoms with Crippen LogP contribution in [0.1, 0.15) is 42.6 Å². The maximum Gasteiger partial charge on any atom is 0.254 e. The summed E-state index contributed by atoms with van der Waals surface area (Å²) in [5.74, 6) is 0.127. The quantitative estimate of drug-likeness (QED) is 0.794. The predicted molar refractivity (Wildman–Crippen MR) is 74.9 cm³/mol. The number of hydrogen-bond donors (Lipinski definition) is 1. The lowest BCUT2D eigenvalue weighted by Gasteiger charge is -2.22. The second-order valence-corrected chi connectivity index (χ2v) is 4.81. The molecule has 0 saturated heterocycles. The summed E-state index contributed by atoms with van der Waals surface area (Å²) in [6.07, 6.45) is 1.98. The smallest absolute Gasteiger partial charge is 0.254 e. The van der Waals surface area contributed by atoms with Gasteiger partial charge in [0.1, 0.15) is 0 Å². The van der Waals surface area contributed by atoms with Gasteiger partial charge in [0.05, 0.1) is 0 Å². The third-order valence-electron chi connectivity index (χ3n) is 2.73. The Morgan fingerprint density at radius 3 is 2.35 bits per heavy atom. The van der Waals surface area contributed by atoms with E-state index in [2.05, 4.69) is 26.5 Å². The van der Waals surface area contributed by atoms with Crippen LogP contribution >= 0.6 is 12.6 Å². The molecular formula is C14H21NOS. The van der Waals surface area contributed by atoms with Crippen LogP contribution in [0.2, 0.25) is 0 Å². The first-order valence-corrected chi connectivity index (χ1v) is 6.63. The molecule has 0 saturated carbocycles. The van der Waals surface area contributed by atoms with E-state index < -0.39 is 0 Å². The highest BCUT2D eigenvalue weighted by molar-refractivity contribution is 7.80. The van der Waals surface area contributed by atoms with Gasteiger partial charge in [-0.1, -0.05) is 19.9 Å². The number of carbonyl (C=O) groups excluding carboxylic acids is 1.